The van der Waals surface area contributed by atoms with Crippen LogP contribution in [0.15, 0.2) is 67.0 Å². The van der Waals surface area contributed by atoms with Crippen LogP contribution in [0.4, 0.5) is 5.13 Å². The summed E-state index contributed by atoms with van der Waals surface area (Å²) >= 11 is 7.68. The summed E-state index contributed by atoms with van der Waals surface area (Å²) in [5.74, 6) is 0.540. The number of hydrogen-bond acceptors (Lipinski definition) is 5. The largest absolute Gasteiger partial charge is 0.492 e. The Kier molecular flexibility index (Phi) is 6.64. The molecular weight excluding hydrogens is 432 g/mol. The Labute approximate surface area is 189 Å². The highest BCUT2D eigenvalue weighted by molar-refractivity contribution is 7.22. The second kappa shape index (κ2) is 9.76. The summed E-state index contributed by atoms with van der Waals surface area (Å²) in [6.07, 6.45) is 6.84. The normalized spacial score (nSPS) is 11.3. The van der Waals surface area contributed by atoms with Crippen LogP contribution in [-0.4, -0.2) is 33.8 Å². The molecule has 2 aromatic heterocycles. The third-order valence-corrected chi connectivity index (χ3v) is 5.98. The minimum absolute atomic E-state index is 0.177. The summed E-state index contributed by atoms with van der Waals surface area (Å²) in [6, 6.07) is 15.1. The highest BCUT2D eigenvalue weighted by atomic mass is 35.5. The minimum atomic E-state index is -0.177. The molecule has 2 aromatic carbocycles. The number of halogens is 1. The van der Waals surface area contributed by atoms with Gasteiger partial charge < -0.3 is 4.74 Å². The van der Waals surface area contributed by atoms with Crippen molar-refractivity contribution < 1.29 is 9.53 Å². The molecule has 0 bridgehead atoms. The van der Waals surface area contributed by atoms with Crippen LogP contribution in [0.2, 0.25) is 5.02 Å². The molecule has 0 aliphatic rings. The van der Waals surface area contributed by atoms with Crippen molar-refractivity contribution in [3.05, 3.63) is 77.6 Å². The molecule has 0 spiro atoms. The number of hydrogen-bond donors (Lipinski definition) is 0. The number of benzene rings is 2. The lowest BCUT2D eigenvalue weighted by Crippen LogP contribution is -2.32. The smallest absolute Gasteiger partial charge is 0.252 e. The lowest BCUT2D eigenvalue weighted by Gasteiger charge is -2.18. The number of para-hydroxylation sites is 1. The van der Waals surface area contributed by atoms with E-state index in [-0.39, 0.29) is 5.91 Å². The number of carbonyl (C=O) groups is 1. The SMILES string of the molecule is CCOc1cccc2sc(N(CCn3cccn3)C(=O)/C=C/c3ccccc3Cl)nc12. The Morgan fingerprint density at radius 3 is 2.87 bits per heavy atom. The van der Waals surface area contributed by atoms with Crippen LogP contribution < -0.4 is 9.64 Å². The fourth-order valence-electron chi connectivity index (χ4n) is 3.10. The molecule has 4 aromatic rings. The van der Waals surface area contributed by atoms with Crippen molar-refractivity contribution >= 4 is 50.3 Å². The van der Waals surface area contributed by atoms with Crippen molar-refractivity contribution in [1.82, 2.24) is 14.8 Å². The van der Waals surface area contributed by atoms with E-state index < -0.39 is 0 Å². The lowest BCUT2D eigenvalue weighted by atomic mass is 10.2. The zero-order chi connectivity index (χ0) is 21.6. The lowest BCUT2D eigenvalue weighted by molar-refractivity contribution is -0.114. The molecule has 0 saturated carbocycles. The van der Waals surface area contributed by atoms with Gasteiger partial charge in [0.1, 0.15) is 11.3 Å². The summed E-state index contributed by atoms with van der Waals surface area (Å²) in [4.78, 5) is 19.6. The van der Waals surface area contributed by atoms with Crippen LogP contribution >= 0.6 is 22.9 Å². The maximum absolute atomic E-state index is 13.2. The molecule has 0 fully saturated rings. The average Bonchev–Trinajstić information content (AvgIpc) is 3.44. The third-order valence-electron chi connectivity index (χ3n) is 4.59. The van der Waals surface area contributed by atoms with Crippen molar-refractivity contribution in [1.29, 1.82) is 0 Å². The molecular formula is C23H21ClN4O2S. The minimum Gasteiger partial charge on any atom is -0.492 e. The van der Waals surface area contributed by atoms with E-state index in [0.29, 0.717) is 35.6 Å². The van der Waals surface area contributed by atoms with Crippen LogP contribution in [0.1, 0.15) is 12.5 Å². The number of fused-ring (bicyclic) bond motifs is 1. The zero-order valence-corrected chi connectivity index (χ0v) is 18.5. The van der Waals surface area contributed by atoms with Gasteiger partial charge in [-0.05, 0) is 42.8 Å². The van der Waals surface area contributed by atoms with Gasteiger partial charge in [0, 0.05) is 30.0 Å². The average molecular weight is 453 g/mol. The Morgan fingerprint density at radius 2 is 2.10 bits per heavy atom. The van der Waals surface area contributed by atoms with Crippen molar-refractivity contribution in [3.63, 3.8) is 0 Å². The van der Waals surface area contributed by atoms with E-state index in [9.17, 15) is 4.79 Å². The van der Waals surface area contributed by atoms with E-state index in [0.717, 1.165) is 15.8 Å². The Morgan fingerprint density at radius 1 is 1.23 bits per heavy atom. The maximum Gasteiger partial charge on any atom is 0.252 e. The highest BCUT2D eigenvalue weighted by Crippen LogP contribution is 2.34. The molecule has 0 aliphatic heterocycles. The first kappa shape index (κ1) is 21.1. The van der Waals surface area contributed by atoms with Gasteiger partial charge >= 0.3 is 0 Å². The first-order valence-corrected chi connectivity index (χ1v) is 11.1. The fourth-order valence-corrected chi connectivity index (χ4v) is 4.31. The molecule has 0 saturated heterocycles. The van der Waals surface area contributed by atoms with E-state index in [1.54, 1.807) is 27.9 Å². The topological polar surface area (TPSA) is 60.2 Å². The second-order valence-electron chi connectivity index (χ2n) is 6.65. The molecule has 8 heteroatoms. The molecule has 1 amide bonds. The first-order chi connectivity index (χ1) is 15.2. The number of anilines is 1. The highest BCUT2D eigenvalue weighted by Gasteiger charge is 2.19. The van der Waals surface area contributed by atoms with Gasteiger partial charge in [0.15, 0.2) is 5.13 Å². The standard InChI is InChI=1S/C23H21ClN4O2S/c1-2-30-19-9-5-10-20-22(19)26-23(31-20)28(16-15-27-14-6-13-25-27)21(29)12-11-17-7-3-4-8-18(17)24/h3-14H,2,15-16H2,1H3/b12-11+. The van der Waals surface area contributed by atoms with E-state index in [4.69, 9.17) is 21.3 Å². The van der Waals surface area contributed by atoms with Crippen LogP contribution in [0.3, 0.4) is 0 Å². The van der Waals surface area contributed by atoms with Gasteiger partial charge in [0.05, 0.1) is 17.9 Å². The molecule has 0 unspecified atom stereocenters. The third kappa shape index (κ3) is 4.95. The maximum atomic E-state index is 13.2. The van der Waals surface area contributed by atoms with Gasteiger partial charge in [0.25, 0.3) is 5.91 Å². The van der Waals surface area contributed by atoms with Crippen LogP contribution in [0.5, 0.6) is 5.75 Å². The predicted molar refractivity (Wildman–Crippen MR) is 126 cm³/mol. The van der Waals surface area contributed by atoms with E-state index in [1.807, 2.05) is 55.6 Å². The molecule has 2 heterocycles. The summed E-state index contributed by atoms with van der Waals surface area (Å²) in [7, 11) is 0. The van der Waals surface area contributed by atoms with Gasteiger partial charge in [-0.1, -0.05) is 47.2 Å². The van der Waals surface area contributed by atoms with E-state index in [2.05, 4.69) is 5.10 Å². The zero-order valence-electron chi connectivity index (χ0n) is 16.9. The Balaban J connectivity index is 1.65. The van der Waals surface area contributed by atoms with Gasteiger partial charge in [0.2, 0.25) is 0 Å². The number of nitrogens with zero attached hydrogens (tertiary/aromatic N) is 4. The quantitative estimate of drug-likeness (QED) is 0.341. The molecule has 0 N–H and O–H groups in total. The number of aromatic nitrogens is 3. The van der Waals surface area contributed by atoms with Gasteiger partial charge in [-0.3, -0.25) is 14.4 Å². The van der Waals surface area contributed by atoms with Crippen molar-refractivity contribution in [3.8, 4) is 5.75 Å². The fraction of sp³-hybridized carbons (Fsp3) is 0.174. The molecule has 31 heavy (non-hydrogen) atoms. The number of thiazole rings is 1. The molecule has 4 rings (SSSR count). The van der Waals surface area contributed by atoms with Crippen LogP contribution in [-0.2, 0) is 11.3 Å². The molecule has 0 aliphatic carbocycles. The van der Waals surface area contributed by atoms with Crippen molar-refractivity contribution in [2.24, 2.45) is 0 Å². The molecule has 0 atom stereocenters. The van der Waals surface area contributed by atoms with Crippen molar-refractivity contribution in [2.45, 2.75) is 13.5 Å². The summed E-state index contributed by atoms with van der Waals surface area (Å²) in [6.45, 7) is 3.46. The van der Waals surface area contributed by atoms with E-state index >= 15 is 0 Å². The van der Waals surface area contributed by atoms with Gasteiger partial charge in [-0.2, -0.15) is 5.10 Å². The number of ether oxygens (including phenoxy) is 1. The number of carbonyl (C=O) groups excluding carboxylic acids is 1. The first-order valence-electron chi connectivity index (χ1n) is 9.89. The molecule has 6 nitrogen and oxygen atoms in total. The summed E-state index contributed by atoms with van der Waals surface area (Å²) in [5, 5.41) is 5.44. The predicted octanol–water partition coefficient (Wildman–Crippen LogP) is 5.29. The van der Waals surface area contributed by atoms with Crippen LogP contribution in [0.25, 0.3) is 16.3 Å². The molecule has 158 valence electrons. The van der Waals surface area contributed by atoms with Gasteiger partial charge in [-0.15, -0.1) is 0 Å². The monoisotopic (exact) mass is 452 g/mol. The summed E-state index contributed by atoms with van der Waals surface area (Å²) < 4.78 is 8.46. The van der Waals surface area contributed by atoms with Crippen molar-refractivity contribution in [2.75, 3.05) is 18.1 Å². The van der Waals surface area contributed by atoms with Crippen LogP contribution in [0, 0.1) is 0 Å². The summed E-state index contributed by atoms with van der Waals surface area (Å²) in [5.41, 5.74) is 1.55. The van der Waals surface area contributed by atoms with E-state index in [1.165, 1.54) is 17.4 Å². The van der Waals surface area contributed by atoms with Gasteiger partial charge in [-0.25, -0.2) is 4.98 Å². The number of rotatable bonds is 8. The Bertz CT molecular complexity index is 1200. The second-order valence-corrected chi connectivity index (χ2v) is 8.06. The molecule has 0 radical (unpaired) electrons. The Hall–Kier alpha value is -3.16. The number of amides is 1.